The molecule has 0 aliphatic rings. The van der Waals surface area contributed by atoms with Gasteiger partial charge < -0.3 is 15.4 Å². The second-order valence-corrected chi connectivity index (χ2v) is 6.81. The number of anilines is 2. The molecule has 0 radical (unpaired) electrons. The van der Waals surface area contributed by atoms with Crippen LogP contribution in [0.2, 0.25) is 0 Å². The highest BCUT2D eigenvalue weighted by atomic mass is 16.6. The molecular weight excluding hydrogens is 388 g/mol. The molecule has 160 valence electrons. The summed E-state index contributed by atoms with van der Waals surface area (Å²) in [7, 11) is 1.51. The maximum Gasteiger partial charge on any atom is 0.293 e. The summed E-state index contributed by atoms with van der Waals surface area (Å²) in [4.78, 5) is 37.3. The first kappa shape index (κ1) is 22.8. The van der Waals surface area contributed by atoms with E-state index in [-0.39, 0.29) is 30.4 Å². The molecule has 2 aromatic rings. The van der Waals surface area contributed by atoms with Gasteiger partial charge in [-0.3, -0.25) is 24.6 Å². The van der Waals surface area contributed by atoms with Gasteiger partial charge in [-0.2, -0.15) is 0 Å². The Hall–Kier alpha value is -3.46. The highest BCUT2D eigenvalue weighted by molar-refractivity contribution is 5.96. The molecule has 0 aromatic heterocycles. The van der Waals surface area contributed by atoms with Gasteiger partial charge in [-0.1, -0.05) is 19.1 Å². The van der Waals surface area contributed by atoms with Crippen LogP contribution in [-0.2, 0) is 9.59 Å². The van der Waals surface area contributed by atoms with Crippen LogP contribution in [0.25, 0.3) is 0 Å². The van der Waals surface area contributed by atoms with Crippen molar-refractivity contribution in [2.75, 3.05) is 37.4 Å². The van der Waals surface area contributed by atoms with Crippen LogP contribution in [0.4, 0.5) is 17.1 Å². The molecule has 2 N–H and O–H groups in total. The van der Waals surface area contributed by atoms with Crippen molar-refractivity contribution in [1.29, 1.82) is 0 Å². The average molecular weight is 414 g/mol. The fraction of sp³-hybridized carbons (Fsp3) is 0.333. The molecule has 0 saturated heterocycles. The van der Waals surface area contributed by atoms with Gasteiger partial charge in [-0.05, 0) is 49.7 Å². The first-order valence-corrected chi connectivity index (χ1v) is 9.45. The Bertz CT molecular complexity index is 945. The molecule has 0 saturated carbocycles. The van der Waals surface area contributed by atoms with E-state index in [9.17, 15) is 19.7 Å². The minimum Gasteiger partial charge on any atom is -0.495 e. The number of hydrogen-bond acceptors (Lipinski definition) is 6. The molecule has 0 aliphatic carbocycles. The number of nitro benzene ring substituents is 1. The van der Waals surface area contributed by atoms with Crippen molar-refractivity contribution in [2.45, 2.75) is 20.8 Å². The fourth-order valence-electron chi connectivity index (χ4n) is 2.87. The minimum atomic E-state index is -0.527. The number of carbonyl (C=O) groups is 2. The summed E-state index contributed by atoms with van der Waals surface area (Å²) in [5, 5.41) is 16.6. The third-order valence-corrected chi connectivity index (χ3v) is 4.65. The first-order chi connectivity index (χ1) is 14.2. The number of nitro groups is 1. The van der Waals surface area contributed by atoms with Gasteiger partial charge in [-0.15, -0.1) is 0 Å². The van der Waals surface area contributed by atoms with Gasteiger partial charge in [0.15, 0.2) is 0 Å². The molecule has 2 aromatic carbocycles. The molecule has 30 heavy (non-hydrogen) atoms. The Morgan fingerprint density at radius 2 is 1.60 bits per heavy atom. The first-order valence-electron chi connectivity index (χ1n) is 9.45. The molecule has 0 bridgehead atoms. The lowest BCUT2D eigenvalue weighted by Gasteiger charge is -2.20. The maximum absolute atomic E-state index is 12.5. The Balaban J connectivity index is 2.02. The number of nitrogens with zero attached hydrogens (tertiary/aromatic N) is 2. The number of para-hydroxylation sites is 2. The average Bonchev–Trinajstić information content (AvgIpc) is 2.70. The predicted molar refractivity (Wildman–Crippen MR) is 115 cm³/mol. The van der Waals surface area contributed by atoms with E-state index in [1.54, 1.807) is 42.2 Å². The second kappa shape index (κ2) is 10.4. The molecule has 0 atom stereocenters. The molecule has 9 nitrogen and oxygen atoms in total. The molecule has 0 aliphatic heterocycles. The van der Waals surface area contributed by atoms with E-state index < -0.39 is 10.8 Å². The Morgan fingerprint density at radius 3 is 2.17 bits per heavy atom. The van der Waals surface area contributed by atoms with Gasteiger partial charge in [0.2, 0.25) is 11.8 Å². The molecule has 2 amide bonds. The van der Waals surface area contributed by atoms with Crippen molar-refractivity contribution in [3.63, 3.8) is 0 Å². The molecule has 0 spiro atoms. The summed E-state index contributed by atoms with van der Waals surface area (Å²) < 4.78 is 5.21. The summed E-state index contributed by atoms with van der Waals surface area (Å²) in [5.41, 5.74) is 2.12. The summed E-state index contributed by atoms with van der Waals surface area (Å²) in [5.74, 6) is -0.201. The van der Waals surface area contributed by atoms with Crippen LogP contribution in [0.1, 0.15) is 18.1 Å². The number of methoxy groups -OCH3 is 1. The second-order valence-electron chi connectivity index (χ2n) is 6.81. The third kappa shape index (κ3) is 6.02. The quantitative estimate of drug-likeness (QED) is 0.481. The van der Waals surface area contributed by atoms with Gasteiger partial charge in [-0.25, -0.2) is 0 Å². The zero-order valence-electron chi connectivity index (χ0n) is 17.5. The Labute approximate surface area is 175 Å². The van der Waals surface area contributed by atoms with E-state index in [0.717, 1.165) is 11.1 Å². The Kier molecular flexibility index (Phi) is 7.88. The Morgan fingerprint density at radius 1 is 1.03 bits per heavy atom. The number of amides is 2. The number of nitrogens with one attached hydrogen (secondary N) is 2. The molecule has 9 heteroatoms. The van der Waals surface area contributed by atoms with Crippen LogP contribution in [0.15, 0.2) is 36.4 Å². The van der Waals surface area contributed by atoms with E-state index in [1.165, 1.54) is 13.2 Å². The van der Waals surface area contributed by atoms with E-state index in [1.807, 2.05) is 13.8 Å². The van der Waals surface area contributed by atoms with Crippen molar-refractivity contribution in [2.24, 2.45) is 0 Å². The summed E-state index contributed by atoms with van der Waals surface area (Å²) in [6.07, 6.45) is 0. The van der Waals surface area contributed by atoms with E-state index in [0.29, 0.717) is 18.0 Å². The molecular formula is C21H26N4O5. The smallest absolute Gasteiger partial charge is 0.293 e. The number of benzene rings is 2. The largest absolute Gasteiger partial charge is 0.495 e. The third-order valence-electron chi connectivity index (χ3n) is 4.65. The number of carbonyl (C=O) groups excluding carboxylic acids is 2. The minimum absolute atomic E-state index is 0.0169. The van der Waals surface area contributed by atoms with Gasteiger partial charge in [0, 0.05) is 6.07 Å². The van der Waals surface area contributed by atoms with Gasteiger partial charge >= 0.3 is 0 Å². The van der Waals surface area contributed by atoms with Crippen LogP contribution < -0.4 is 15.4 Å². The number of rotatable bonds is 9. The van der Waals surface area contributed by atoms with Crippen molar-refractivity contribution in [1.82, 2.24) is 4.90 Å². The summed E-state index contributed by atoms with van der Waals surface area (Å²) >= 11 is 0. The van der Waals surface area contributed by atoms with E-state index >= 15 is 0 Å². The topological polar surface area (TPSA) is 114 Å². The van der Waals surface area contributed by atoms with Crippen LogP contribution in [0.3, 0.4) is 0 Å². The van der Waals surface area contributed by atoms with E-state index in [4.69, 9.17) is 4.74 Å². The monoisotopic (exact) mass is 414 g/mol. The van der Waals surface area contributed by atoms with Crippen LogP contribution in [0.5, 0.6) is 5.75 Å². The van der Waals surface area contributed by atoms with Crippen LogP contribution in [0, 0.1) is 24.0 Å². The number of ether oxygens (including phenoxy) is 1. The lowest BCUT2D eigenvalue weighted by molar-refractivity contribution is -0.384. The van der Waals surface area contributed by atoms with E-state index in [2.05, 4.69) is 10.6 Å². The van der Waals surface area contributed by atoms with Crippen LogP contribution in [-0.4, -0.2) is 48.4 Å². The maximum atomic E-state index is 12.5. The molecule has 2 rings (SSSR count). The fourth-order valence-corrected chi connectivity index (χ4v) is 2.87. The van der Waals surface area contributed by atoms with Gasteiger partial charge in [0.05, 0.1) is 30.8 Å². The number of hydrogen-bond donors (Lipinski definition) is 2. The van der Waals surface area contributed by atoms with Crippen molar-refractivity contribution in [3.8, 4) is 5.75 Å². The van der Waals surface area contributed by atoms with Crippen molar-refractivity contribution < 1.29 is 19.2 Å². The number of aryl methyl sites for hydroxylation is 2. The summed E-state index contributed by atoms with van der Waals surface area (Å²) in [6.45, 7) is 5.75. The highest BCUT2D eigenvalue weighted by Gasteiger charge is 2.20. The van der Waals surface area contributed by atoms with Gasteiger partial charge in [0.1, 0.15) is 11.4 Å². The molecule has 0 heterocycles. The number of likely N-dealkylation sites (N-methyl/N-ethyl adjacent to an activating group) is 1. The normalized spacial score (nSPS) is 10.6. The molecule has 0 fully saturated rings. The zero-order valence-corrected chi connectivity index (χ0v) is 17.5. The summed E-state index contributed by atoms with van der Waals surface area (Å²) in [6, 6.07) is 10.0. The zero-order chi connectivity index (χ0) is 22.3. The lowest BCUT2D eigenvalue weighted by Crippen LogP contribution is -2.38. The predicted octanol–water partition coefficient (Wildman–Crippen LogP) is 3.12. The van der Waals surface area contributed by atoms with Gasteiger partial charge in [0.25, 0.3) is 5.69 Å². The lowest BCUT2D eigenvalue weighted by atomic mass is 10.1. The van der Waals surface area contributed by atoms with Crippen LogP contribution >= 0.6 is 0 Å². The van der Waals surface area contributed by atoms with Crippen molar-refractivity contribution >= 4 is 28.9 Å². The molecule has 0 unspecified atom stereocenters. The highest BCUT2D eigenvalue weighted by Crippen LogP contribution is 2.28. The standard InChI is InChI=1S/C21H26N4O5/c1-5-24(12-20(26)22-16-8-6-7-9-19(16)30-4)13-21(27)23-17-10-14(2)15(3)11-18(17)25(28)29/h6-11H,5,12-13H2,1-4H3,(H,22,26)(H,23,27). The van der Waals surface area contributed by atoms with Crippen molar-refractivity contribution in [3.05, 3.63) is 57.6 Å². The SMILES string of the molecule is CCN(CC(=O)Nc1ccccc1OC)CC(=O)Nc1cc(C)c(C)cc1[N+](=O)[O-].